The Balaban J connectivity index is 1.63. The predicted molar refractivity (Wildman–Crippen MR) is 122 cm³/mol. The number of carbonyl (C=O) groups excluding carboxylic acids is 2. The molecular formula is C22H23N3O5S2. The van der Waals surface area contributed by atoms with Crippen LogP contribution < -0.4 is 15.8 Å². The van der Waals surface area contributed by atoms with Crippen LogP contribution in [0, 0.1) is 0 Å². The number of para-hydroxylation sites is 1. The lowest BCUT2D eigenvalue weighted by molar-refractivity contribution is 0.0950. The van der Waals surface area contributed by atoms with Crippen LogP contribution in [0.25, 0.3) is 0 Å². The minimum atomic E-state index is -3.49. The van der Waals surface area contributed by atoms with E-state index < -0.39 is 15.9 Å². The van der Waals surface area contributed by atoms with E-state index in [2.05, 4.69) is 5.32 Å². The first-order valence-electron chi connectivity index (χ1n) is 9.58. The van der Waals surface area contributed by atoms with Gasteiger partial charge in [-0.05, 0) is 42.0 Å². The van der Waals surface area contributed by atoms with Crippen molar-refractivity contribution in [1.29, 1.82) is 0 Å². The fraction of sp³-hybridized carbons (Fsp3) is 0.182. The molecule has 0 aliphatic heterocycles. The number of hydrogen-bond acceptors (Lipinski definition) is 6. The summed E-state index contributed by atoms with van der Waals surface area (Å²) >= 11 is 1.12. The lowest BCUT2D eigenvalue weighted by Gasteiger charge is -2.10. The number of sulfonamides is 1. The summed E-state index contributed by atoms with van der Waals surface area (Å²) in [6.45, 7) is 0.362. The number of rotatable bonds is 9. The Kier molecular flexibility index (Phi) is 7.29. The molecule has 0 fully saturated rings. The standard InChI is InChI=1S/C22H23N3O5S2/c1-25(2)32(28,29)20-11-10-17(31-20)13-24-22(27)16-7-5-6-15(12-16)14-30-19-9-4-3-8-18(19)21(23)26/h3-12H,13-14H2,1-2H3,(H2,23,26)(H,24,27). The third-order valence-electron chi connectivity index (χ3n) is 4.53. The molecule has 2 aromatic carbocycles. The summed E-state index contributed by atoms with van der Waals surface area (Å²) in [7, 11) is -0.550. The van der Waals surface area contributed by atoms with Gasteiger partial charge in [0.15, 0.2) is 0 Å². The number of nitrogens with two attached hydrogens (primary N) is 1. The lowest BCUT2D eigenvalue weighted by atomic mass is 10.1. The van der Waals surface area contributed by atoms with Gasteiger partial charge in [-0.15, -0.1) is 11.3 Å². The zero-order chi connectivity index (χ0) is 23.3. The van der Waals surface area contributed by atoms with Crippen molar-refractivity contribution < 1.29 is 22.7 Å². The van der Waals surface area contributed by atoms with Crippen LogP contribution in [0.3, 0.4) is 0 Å². The maximum atomic E-state index is 12.6. The van der Waals surface area contributed by atoms with E-state index in [9.17, 15) is 18.0 Å². The number of primary amides is 1. The highest BCUT2D eigenvalue weighted by atomic mass is 32.2. The molecule has 10 heteroatoms. The number of hydrogen-bond donors (Lipinski definition) is 2. The Bertz CT molecular complexity index is 1240. The SMILES string of the molecule is CN(C)S(=O)(=O)c1ccc(CNC(=O)c2cccc(COc3ccccc3C(N)=O)c2)s1. The number of thiophene rings is 1. The molecule has 0 atom stereocenters. The van der Waals surface area contributed by atoms with E-state index in [1.54, 1.807) is 54.6 Å². The maximum absolute atomic E-state index is 12.6. The monoisotopic (exact) mass is 473 g/mol. The molecule has 0 aliphatic carbocycles. The Hall–Kier alpha value is -3.21. The number of ether oxygens (including phenoxy) is 1. The second kappa shape index (κ2) is 9.94. The molecule has 2 amide bonds. The summed E-state index contributed by atoms with van der Waals surface area (Å²) in [5.41, 5.74) is 6.83. The molecule has 0 bridgehead atoms. The van der Waals surface area contributed by atoms with E-state index in [4.69, 9.17) is 10.5 Å². The van der Waals surface area contributed by atoms with Crippen molar-refractivity contribution in [2.45, 2.75) is 17.4 Å². The summed E-state index contributed by atoms with van der Waals surface area (Å²) in [6, 6.07) is 16.8. The van der Waals surface area contributed by atoms with Gasteiger partial charge in [0.05, 0.1) is 12.1 Å². The highest BCUT2D eigenvalue weighted by Crippen LogP contribution is 2.24. The summed E-state index contributed by atoms with van der Waals surface area (Å²) in [6.07, 6.45) is 0. The highest BCUT2D eigenvalue weighted by Gasteiger charge is 2.19. The van der Waals surface area contributed by atoms with Crippen LogP contribution in [0.4, 0.5) is 0 Å². The molecule has 0 spiro atoms. The van der Waals surface area contributed by atoms with Crippen LogP contribution in [0.5, 0.6) is 5.75 Å². The molecule has 1 heterocycles. The number of carbonyl (C=O) groups is 2. The van der Waals surface area contributed by atoms with Crippen molar-refractivity contribution in [2.24, 2.45) is 5.73 Å². The molecule has 0 unspecified atom stereocenters. The molecule has 3 N–H and O–H groups in total. The van der Waals surface area contributed by atoms with Crippen LogP contribution in [0.15, 0.2) is 64.9 Å². The van der Waals surface area contributed by atoms with Crippen molar-refractivity contribution in [1.82, 2.24) is 9.62 Å². The number of benzene rings is 2. The zero-order valence-electron chi connectivity index (χ0n) is 17.6. The molecule has 32 heavy (non-hydrogen) atoms. The van der Waals surface area contributed by atoms with Gasteiger partial charge in [-0.3, -0.25) is 9.59 Å². The Labute approximate surface area is 190 Å². The minimum absolute atomic E-state index is 0.155. The smallest absolute Gasteiger partial charge is 0.252 e. The molecular weight excluding hydrogens is 450 g/mol. The number of amides is 2. The van der Waals surface area contributed by atoms with Gasteiger partial charge in [0.25, 0.3) is 21.8 Å². The minimum Gasteiger partial charge on any atom is -0.488 e. The third-order valence-corrected chi connectivity index (χ3v) is 7.90. The molecule has 0 saturated carbocycles. The Morgan fingerprint density at radius 1 is 1.06 bits per heavy atom. The normalized spacial score (nSPS) is 11.3. The first kappa shape index (κ1) is 23.5. The molecule has 0 radical (unpaired) electrons. The van der Waals surface area contributed by atoms with Gasteiger partial charge in [0.1, 0.15) is 16.6 Å². The second-order valence-corrected chi connectivity index (χ2v) is 10.6. The van der Waals surface area contributed by atoms with E-state index in [0.717, 1.165) is 26.1 Å². The zero-order valence-corrected chi connectivity index (χ0v) is 19.2. The first-order valence-corrected chi connectivity index (χ1v) is 11.8. The van der Waals surface area contributed by atoms with Crippen molar-refractivity contribution in [3.05, 3.63) is 82.2 Å². The molecule has 168 valence electrons. The summed E-state index contributed by atoms with van der Waals surface area (Å²) < 4.78 is 31.4. The quantitative estimate of drug-likeness (QED) is 0.495. The van der Waals surface area contributed by atoms with Gasteiger partial charge in [0, 0.05) is 24.5 Å². The predicted octanol–water partition coefficient (Wildman–Crippen LogP) is 2.61. The van der Waals surface area contributed by atoms with Gasteiger partial charge in [-0.25, -0.2) is 12.7 Å². The fourth-order valence-corrected chi connectivity index (χ4v) is 5.27. The lowest BCUT2D eigenvalue weighted by Crippen LogP contribution is -2.22. The van der Waals surface area contributed by atoms with Crippen LogP contribution >= 0.6 is 11.3 Å². The summed E-state index contributed by atoms with van der Waals surface area (Å²) in [4.78, 5) is 24.8. The van der Waals surface area contributed by atoms with Crippen molar-refractivity contribution in [2.75, 3.05) is 14.1 Å². The molecule has 0 aliphatic rings. The van der Waals surface area contributed by atoms with Crippen LogP contribution in [0.2, 0.25) is 0 Å². The first-order chi connectivity index (χ1) is 15.2. The Morgan fingerprint density at radius 3 is 2.53 bits per heavy atom. The molecule has 3 rings (SSSR count). The highest BCUT2D eigenvalue weighted by molar-refractivity contribution is 7.91. The van der Waals surface area contributed by atoms with E-state index in [0.29, 0.717) is 11.3 Å². The van der Waals surface area contributed by atoms with Gasteiger partial charge in [-0.2, -0.15) is 0 Å². The molecule has 0 saturated heterocycles. The van der Waals surface area contributed by atoms with E-state index in [1.165, 1.54) is 20.2 Å². The number of nitrogens with zero attached hydrogens (tertiary/aromatic N) is 1. The van der Waals surface area contributed by atoms with Gasteiger partial charge in [0.2, 0.25) is 0 Å². The number of nitrogens with one attached hydrogen (secondary N) is 1. The molecule has 1 aromatic heterocycles. The van der Waals surface area contributed by atoms with E-state index in [-0.39, 0.29) is 28.8 Å². The Morgan fingerprint density at radius 2 is 1.81 bits per heavy atom. The average Bonchev–Trinajstić information content (AvgIpc) is 3.26. The maximum Gasteiger partial charge on any atom is 0.252 e. The van der Waals surface area contributed by atoms with Gasteiger partial charge in [-0.1, -0.05) is 24.3 Å². The summed E-state index contributed by atoms with van der Waals surface area (Å²) in [5.74, 6) is -0.505. The van der Waals surface area contributed by atoms with Gasteiger partial charge >= 0.3 is 0 Å². The van der Waals surface area contributed by atoms with Gasteiger partial charge < -0.3 is 15.8 Å². The van der Waals surface area contributed by atoms with Crippen LogP contribution in [0.1, 0.15) is 31.2 Å². The van der Waals surface area contributed by atoms with Crippen molar-refractivity contribution in [3.8, 4) is 5.75 Å². The van der Waals surface area contributed by atoms with E-state index in [1.807, 2.05) is 0 Å². The van der Waals surface area contributed by atoms with Crippen LogP contribution in [-0.2, 0) is 23.2 Å². The molecule has 3 aromatic rings. The average molecular weight is 474 g/mol. The second-order valence-electron chi connectivity index (χ2n) is 7.04. The topological polar surface area (TPSA) is 119 Å². The van der Waals surface area contributed by atoms with Crippen molar-refractivity contribution >= 4 is 33.2 Å². The third kappa shape index (κ3) is 5.52. The van der Waals surface area contributed by atoms with E-state index >= 15 is 0 Å². The van der Waals surface area contributed by atoms with Crippen LogP contribution in [-0.4, -0.2) is 38.6 Å². The molecule has 8 nitrogen and oxygen atoms in total. The van der Waals surface area contributed by atoms with Crippen molar-refractivity contribution in [3.63, 3.8) is 0 Å². The fourth-order valence-electron chi connectivity index (χ4n) is 2.80. The summed E-state index contributed by atoms with van der Waals surface area (Å²) in [5, 5.41) is 2.80. The largest absolute Gasteiger partial charge is 0.488 e.